The first-order chi connectivity index (χ1) is 15.5. The number of ether oxygens (including phenoxy) is 4. The Bertz CT molecular complexity index is 920. The summed E-state index contributed by atoms with van der Waals surface area (Å²) in [5, 5.41) is 3.44. The molecule has 1 heterocycles. The molecular weight excluding hydrogens is 413 g/mol. The molecule has 0 aliphatic carbocycles. The lowest BCUT2D eigenvalue weighted by atomic mass is 10.1. The molecule has 2 aromatic carbocycles. The second-order valence-corrected chi connectivity index (χ2v) is 7.61. The maximum atomic E-state index is 13.3. The second-order valence-electron chi connectivity index (χ2n) is 7.61. The fourth-order valence-corrected chi connectivity index (χ4v) is 3.99. The van der Waals surface area contributed by atoms with E-state index in [9.17, 15) is 4.39 Å². The number of methoxy groups -OCH3 is 3. The molecule has 3 rings (SSSR count). The molecule has 0 saturated carbocycles. The van der Waals surface area contributed by atoms with E-state index >= 15 is 0 Å². The van der Waals surface area contributed by atoms with Crippen LogP contribution in [-0.2, 0) is 11.2 Å². The van der Waals surface area contributed by atoms with Gasteiger partial charge in [0.1, 0.15) is 11.9 Å². The lowest BCUT2D eigenvalue weighted by Gasteiger charge is -2.38. The van der Waals surface area contributed by atoms with Crippen LogP contribution in [0.4, 0.5) is 4.39 Å². The molecule has 32 heavy (non-hydrogen) atoms. The van der Waals surface area contributed by atoms with Crippen molar-refractivity contribution < 1.29 is 23.3 Å². The van der Waals surface area contributed by atoms with Gasteiger partial charge in [0, 0.05) is 25.7 Å². The van der Waals surface area contributed by atoms with E-state index in [0.29, 0.717) is 36.8 Å². The first-order valence-corrected chi connectivity index (χ1v) is 10.6. The zero-order valence-electron chi connectivity index (χ0n) is 19.4. The molecule has 1 aliphatic heterocycles. The molecular formula is C24H32FN3O4. The van der Waals surface area contributed by atoms with Crippen LogP contribution in [-0.4, -0.2) is 65.0 Å². The summed E-state index contributed by atoms with van der Waals surface area (Å²) in [5.41, 5.74) is 1.96. The summed E-state index contributed by atoms with van der Waals surface area (Å²) in [6.07, 6.45) is 0.580. The number of halogens is 1. The second kappa shape index (κ2) is 11.0. The van der Waals surface area contributed by atoms with Gasteiger partial charge in [-0.15, -0.1) is 0 Å². The van der Waals surface area contributed by atoms with E-state index in [0.717, 1.165) is 23.6 Å². The standard InChI is InChI=1S/C24H32FN3O4/c1-16-14-28(15-21(32-16)17-6-9-19(25)10-7-17)24(26-2)27-13-12-18-8-11-20(29-3)23(31-5)22(18)30-4/h6-11,16,21H,12-15H2,1-5H3,(H,26,27). The first-order valence-electron chi connectivity index (χ1n) is 10.6. The maximum Gasteiger partial charge on any atom is 0.203 e. The molecule has 0 amide bonds. The van der Waals surface area contributed by atoms with Crippen molar-refractivity contribution >= 4 is 5.96 Å². The van der Waals surface area contributed by atoms with Gasteiger partial charge >= 0.3 is 0 Å². The van der Waals surface area contributed by atoms with Gasteiger partial charge in [-0.05, 0) is 37.1 Å². The summed E-state index contributed by atoms with van der Waals surface area (Å²) in [6.45, 7) is 4.04. The minimum Gasteiger partial charge on any atom is -0.493 e. The molecule has 0 radical (unpaired) electrons. The first kappa shape index (κ1) is 23.7. The Morgan fingerprint density at radius 2 is 1.78 bits per heavy atom. The molecule has 2 unspecified atom stereocenters. The van der Waals surface area contributed by atoms with E-state index in [1.165, 1.54) is 12.1 Å². The molecule has 2 aromatic rings. The van der Waals surface area contributed by atoms with Crippen LogP contribution in [0, 0.1) is 5.82 Å². The largest absolute Gasteiger partial charge is 0.493 e. The molecule has 2 atom stereocenters. The highest BCUT2D eigenvalue weighted by Gasteiger charge is 2.28. The van der Waals surface area contributed by atoms with Gasteiger partial charge in [-0.1, -0.05) is 18.2 Å². The summed E-state index contributed by atoms with van der Waals surface area (Å²) < 4.78 is 35.8. The van der Waals surface area contributed by atoms with Gasteiger partial charge in [-0.3, -0.25) is 4.99 Å². The van der Waals surface area contributed by atoms with Crippen molar-refractivity contribution in [2.45, 2.75) is 25.6 Å². The van der Waals surface area contributed by atoms with Gasteiger partial charge in [0.15, 0.2) is 17.5 Å². The fraction of sp³-hybridized carbons (Fsp3) is 0.458. The van der Waals surface area contributed by atoms with Crippen molar-refractivity contribution in [2.24, 2.45) is 4.99 Å². The van der Waals surface area contributed by atoms with Crippen molar-refractivity contribution in [3.8, 4) is 17.2 Å². The Labute approximate surface area is 189 Å². The van der Waals surface area contributed by atoms with Gasteiger partial charge in [-0.25, -0.2) is 4.39 Å². The number of nitrogens with zero attached hydrogens (tertiary/aromatic N) is 2. The SMILES string of the molecule is CN=C(NCCc1ccc(OC)c(OC)c1OC)N1CC(C)OC(c2ccc(F)cc2)C1. The summed E-state index contributed by atoms with van der Waals surface area (Å²) in [4.78, 5) is 6.64. The van der Waals surface area contributed by atoms with Crippen LogP contribution in [0.1, 0.15) is 24.2 Å². The number of guanidine groups is 1. The lowest BCUT2D eigenvalue weighted by Crippen LogP contribution is -2.51. The third-order valence-electron chi connectivity index (χ3n) is 5.48. The van der Waals surface area contributed by atoms with Crippen molar-refractivity contribution in [3.63, 3.8) is 0 Å². The van der Waals surface area contributed by atoms with E-state index < -0.39 is 0 Å². The van der Waals surface area contributed by atoms with Crippen molar-refractivity contribution in [1.82, 2.24) is 10.2 Å². The molecule has 0 spiro atoms. The van der Waals surface area contributed by atoms with Gasteiger partial charge in [0.2, 0.25) is 5.75 Å². The summed E-state index contributed by atoms with van der Waals surface area (Å²) in [5.74, 6) is 2.43. The Kier molecular flexibility index (Phi) is 8.16. The summed E-state index contributed by atoms with van der Waals surface area (Å²) in [6, 6.07) is 10.3. The van der Waals surface area contributed by atoms with Crippen LogP contribution in [0.15, 0.2) is 41.4 Å². The molecule has 0 aromatic heterocycles. The highest BCUT2D eigenvalue weighted by molar-refractivity contribution is 5.80. The zero-order valence-corrected chi connectivity index (χ0v) is 19.4. The third-order valence-corrected chi connectivity index (χ3v) is 5.48. The molecule has 8 heteroatoms. The number of benzene rings is 2. The fourth-order valence-electron chi connectivity index (χ4n) is 3.99. The summed E-state index contributed by atoms with van der Waals surface area (Å²) >= 11 is 0. The Morgan fingerprint density at radius 1 is 1.06 bits per heavy atom. The van der Waals surface area contributed by atoms with Crippen LogP contribution in [0.5, 0.6) is 17.2 Å². The average molecular weight is 446 g/mol. The molecule has 1 saturated heterocycles. The van der Waals surface area contributed by atoms with Gasteiger partial charge in [-0.2, -0.15) is 0 Å². The Hall–Kier alpha value is -3.00. The predicted octanol–water partition coefficient (Wildman–Crippen LogP) is 3.43. The number of nitrogens with one attached hydrogen (secondary N) is 1. The molecule has 7 nitrogen and oxygen atoms in total. The molecule has 0 bridgehead atoms. The molecule has 1 fully saturated rings. The Balaban J connectivity index is 1.66. The number of hydrogen-bond acceptors (Lipinski definition) is 5. The van der Waals surface area contributed by atoms with Crippen LogP contribution in [0.3, 0.4) is 0 Å². The number of morpholine rings is 1. The zero-order chi connectivity index (χ0) is 23.1. The summed E-state index contributed by atoms with van der Waals surface area (Å²) in [7, 11) is 6.59. The number of rotatable bonds is 7. The van der Waals surface area contributed by atoms with Gasteiger partial charge < -0.3 is 29.2 Å². The van der Waals surface area contributed by atoms with Gasteiger partial charge in [0.05, 0.1) is 34.0 Å². The molecule has 174 valence electrons. The number of aliphatic imine (C=N–C) groups is 1. The highest BCUT2D eigenvalue weighted by atomic mass is 19.1. The number of hydrogen-bond donors (Lipinski definition) is 1. The maximum absolute atomic E-state index is 13.3. The minimum atomic E-state index is -0.252. The minimum absolute atomic E-state index is 0.0169. The van der Waals surface area contributed by atoms with E-state index in [1.54, 1.807) is 40.5 Å². The lowest BCUT2D eigenvalue weighted by molar-refractivity contribution is -0.0604. The van der Waals surface area contributed by atoms with E-state index in [-0.39, 0.29) is 18.0 Å². The van der Waals surface area contributed by atoms with Crippen LogP contribution >= 0.6 is 0 Å². The normalized spacial score (nSPS) is 18.9. The van der Waals surface area contributed by atoms with Gasteiger partial charge in [0.25, 0.3) is 0 Å². The van der Waals surface area contributed by atoms with E-state index in [1.807, 2.05) is 19.1 Å². The molecule has 1 N–H and O–H groups in total. The monoisotopic (exact) mass is 445 g/mol. The highest BCUT2D eigenvalue weighted by Crippen LogP contribution is 2.39. The topological polar surface area (TPSA) is 64.6 Å². The van der Waals surface area contributed by atoms with Crippen LogP contribution in [0.25, 0.3) is 0 Å². The Morgan fingerprint density at radius 3 is 2.41 bits per heavy atom. The van der Waals surface area contributed by atoms with Crippen molar-refractivity contribution in [2.75, 3.05) is 48.0 Å². The van der Waals surface area contributed by atoms with E-state index in [2.05, 4.69) is 15.2 Å². The smallest absolute Gasteiger partial charge is 0.203 e. The van der Waals surface area contributed by atoms with E-state index in [4.69, 9.17) is 18.9 Å². The van der Waals surface area contributed by atoms with Crippen molar-refractivity contribution in [3.05, 3.63) is 53.3 Å². The molecule has 1 aliphatic rings. The predicted molar refractivity (Wildman–Crippen MR) is 122 cm³/mol. The average Bonchev–Trinajstić information content (AvgIpc) is 2.81. The quantitative estimate of drug-likeness (QED) is 0.520. The third kappa shape index (κ3) is 5.43. The van der Waals surface area contributed by atoms with Crippen molar-refractivity contribution in [1.29, 1.82) is 0 Å². The van der Waals surface area contributed by atoms with Crippen LogP contribution in [0.2, 0.25) is 0 Å². The van der Waals surface area contributed by atoms with Crippen LogP contribution < -0.4 is 19.5 Å².